The zero-order valence-corrected chi connectivity index (χ0v) is 49.2. The third kappa shape index (κ3) is 23.8. The molecule has 0 saturated carbocycles. The lowest BCUT2D eigenvalue weighted by molar-refractivity contribution is 0.516. The topological polar surface area (TPSA) is 138 Å². The van der Waals surface area contributed by atoms with Gasteiger partial charge in [-0.1, -0.05) is 27.7 Å². The molecule has 0 bridgehead atoms. The molecule has 0 atom stereocenters. The van der Waals surface area contributed by atoms with E-state index in [-0.39, 0.29) is 0 Å². The van der Waals surface area contributed by atoms with E-state index in [0.717, 1.165) is 28.7 Å². The molecule has 0 unspecified atom stereocenters. The predicted molar refractivity (Wildman–Crippen MR) is 303 cm³/mol. The van der Waals surface area contributed by atoms with Crippen LogP contribution in [0, 0.1) is 55.4 Å². The third-order valence-electron chi connectivity index (χ3n) is 11.3. The fourth-order valence-corrected chi connectivity index (χ4v) is 6.87. The van der Waals surface area contributed by atoms with Gasteiger partial charge in [0.2, 0.25) is 0 Å². The monoisotopic (exact) mass is 991 g/mol. The highest BCUT2D eigenvalue weighted by Gasteiger charge is 2.09. The fourth-order valence-electron chi connectivity index (χ4n) is 6.87. The van der Waals surface area contributed by atoms with Crippen LogP contribution in [0.1, 0.15) is 216 Å². The van der Waals surface area contributed by atoms with Crippen molar-refractivity contribution >= 4 is 0 Å². The molecule has 8 aromatic heterocycles. The molecule has 0 aliphatic carbocycles. The van der Waals surface area contributed by atoms with Crippen molar-refractivity contribution < 1.29 is 0 Å². The first-order chi connectivity index (χ1) is 33.7. The van der Waals surface area contributed by atoms with Crippen molar-refractivity contribution in [3.05, 3.63) is 156 Å². The van der Waals surface area contributed by atoms with Crippen LogP contribution in [0.2, 0.25) is 0 Å². The maximum absolute atomic E-state index is 4.43. The van der Waals surface area contributed by atoms with Gasteiger partial charge >= 0.3 is 0 Å². The van der Waals surface area contributed by atoms with Crippen LogP contribution >= 0.6 is 0 Å². The number of hydrogen-bond acceptors (Lipinski definition) is 6. The Morgan fingerprint density at radius 1 is 0.528 bits per heavy atom. The summed E-state index contributed by atoms with van der Waals surface area (Å²) in [6.45, 7) is 50.9. The molecule has 0 aliphatic heterocycles. The van der Waals surface area contributed by atoms with Crippen LogP contribution in [-0.4, -0.2) is 68.0 Å². The highest BCUT2D eigenvalue weighted by molar-refractivity contribution is 5.22. The van der Waals surface area contributed by atoms with E-state index in [2.05, 4.69) is 252 Å². The summed E-state index contributed by atoms with van der Waals surface area (Å²) < 4.78 is 12.7. The van der Waals surface area contributed by atoms with E-state index < -0.39 is 0 Å². The molecule has 72 heavy (non-hydrogen) atoms. The van der Waals surface area contributed by atoms with E-state index in [9.17, 15) is 0 Å². The largest absolute Gasteiger partial charge is 0.352 e. The summed E-state index contributed by atoms with van der Waals surface area (Å²) in [4.78, 5) is 15.3. The number of aryl methyl sites for hydroxylation is 6. The highest BCUT2D eigenvalue weighted by Crippen LogP contribution is 2.16. The molecule has 0 amide bonds. The summed E-state index contributed by atoms with van der Waals surface area (Å²) in [6, 6.07) is 13.5. The Labute approximate surface area is 436 Å². The van der Waals surface area contributed by atoms with Gasteiger partial charge in [-0.2, -0.15) is 15.3 Å². The third-order valence-corrected chi connectivity index (χ3v) is 11.3. The number of H-pyrrole nitrogens is 2. The predicted octanol–water partition coefficient (Wildman–Crippen LogP) is 15.5. The Morgan fingerprint density at radius 3 is 1.35 bits per heavy atom. The van der Waals surface area contributed by atoms with Gasteiger partial charge in [0, 0.05) is 121 Å². The molecule has 8 aromatic rings. The second-order valence-corrected chi connectivity index (χ2v) is 20.6. The molecular weight excluding hydrogens is 893 g/mol. The van der Waals surface area contributed by atoms with E-state index in [1.54, 1.807) is 18.6 Å². The van der Waals surface area contributed by atoms with Crippen LogP contribution in [0.15, 0.2) is 98.6 Å². The van der Waals surface area contributed by atoms with Gasteiger partial charge in [0.25, 0.3) is 0 Å². The quantitative estimate of drug-likeness (QED) is 0.155. The minimum absolute atomic E-state index is 0.474. The van der Waals surface area contributed by atoms with Crippen LogP contribution in [0.25, 0.3) is 0 Å². The average Bonchev–Trinajstić information content (AvgIpc) is 4.16. The molecule has 0 aliphatic rings. The van der Waals surface area contributed by atoms with E-state index >= 15 is 0 Å². The number of aromatic amines is 2. The molecule has 8 rings (SSSR count). The maximum atomic E-state index is 4.43. The van der Waals surface area contributed by atoms with Crippen molar-refractivity contribution in [3.63, 3.8) is 0 Å². The van der Waals surface area contributed by atoms with Crippen molar-refractivity contribution in [2.75, 3.05) is 0 Å². The second-order valence-electron chi connectivity index (χ2n) is 20.6. The Morgan fingerprint density at radius 2 is 1.12 bits per heavy atom. The van der Waals surface area contributed by atoms with Gasteiger partial charge in [0.05, 0.1) is 23.4 Å². The standard InChI is InChI=1S/C9H16N2.2C8H14N2.C8H13N.C7H11N.3C6H10N2/c1-6(2)11-9(5)7(3)8(4)10-11;1-6(2)10-5-7(3)9-8(10)4;1-6(2)10-8(4)5-7(3)9-10;1-7(2)9-5-4-8(3)6-9;1-7(2)8-5-3-4-6-8;1-6(2)8-4-3-7-5-8;1-5(2)6-7-3-4-8-6;1-5(2)6-3-4-7-8-6/h6H,1-5H3;2*5-6H,1-4H3;4-7H,1-3H3;3-7H,1-2H3;3-6H,1-2H3;2*3-5H,1-2H3,(H,7,8). The van der Waals surface area contributed by atoms with Gasteiger partial charge in [-0.15, -0.1) is 0 Å². The van der Waals surface area contributed by atoms with Crippen molar-refractivity contribution in [2.45, 2.75) is 214 Å². The summed E-state index contributed by atoms with van der Waals surface area (Å²) in [7, 11) is 0. The van der Waals surface area contributed by atoms with Gasteiger partial charge in [0.15, 0.2) is 0 Å². The highest BCUT2D eigenvalue weighted by atomic mass is 15.3. The SMILES string of the molecule is CC(C)c1ccn[nH]1.CC(C)c1ncc[nH]1.CC(C)n1cccc1.CC(C)n1ccnc1.Cc1cc(C)n(C(C)C)n1.Cc1ccn(C(C)C)c1.Cc1cn(C(C)C)c(C)n1.Cc1nn(C(C)C)c(C)c1C. The van der Waals surface area contributed by atoms with E-state index in [4.69, 9.17) is 0 Å². The molecule has 400 valence electrons. The summed E-state index contributed by atoms with van der Waals surface area (Å²) in [5.74, 6) is 3.25. The molecule has 14 nitrogen and oxygen atoms in total. The molecule has 0 radical (unpaired) electrons. The number of imidazole rings is 3. The van der Waals surface area contributed by atoms with Crippen LogP contribution < -0.4 is 0 Å². The Balaban J connectivity index is 0.000000412. The molecule has 0 fully saturated rings. The molecule has 0 spiro atoms. The number of aromatic nitrogens is 14. The van der Waals surface area contributed by atoms with E-state index in [1.807, 2.05) is 62.4 Å². The number of rotatable bonds is 8. The summed E-state index contributed by atoms with van der Waals surface area (Å²) >= 11 is 0. The lowest BCUT2D eigenvalue weighted by atomic mass is 10.1. The molecular formula is C58H98N14. The summed E-state index contributed by atoms with van der Waals surface area (Å²) in [5.41, 5.74) is 9.74. The van der Waals surface area contributed by atoms with E-state index in [1.165, 1.54) is 28.2 Å². The van der Waals surface area contributed by atoms with Crippen molar-refractivity contribution in [1.82, 2.24) is 68.0 Å². The van der Waals surface area contributed by atoms with Gasteiger partial charge in [-0.3, -0.25) is 14.5 Å². The first kappa shape index (κ1) is 63.8. The van der Waals surface area contributed by atoms with Crippen LogP contribution in [-0.2, 0) is 0 Å². The van der Waals surface area contributed by atoms with Crippen LogP contribution in [0.3, 0.4) is 0 Å². The molecule has 14 heteroatoms. The Hall–Kier alpha value is -6.18. The second kappa shape index (κ2) is 32.7. The lowest BCUT2D eigenvalue weighted by Crippen LogP contribution is -2.04. The molecule has 0 saturated heterocycles. The number of hydrogen-bond donors (Lipinski definition) is 2. The smallest absolute Gasteiger partial charge is 0.108 e. The van der Waals surface area contributed by atoms with Gasteiger partial charge in [0.1, 0.15) is 11.6 Å². The van der Waals surface area contributed by atoms with E-state index in [0.29, 0.717) is 48.1 Å². The summed E-state index contributed by atoms with van der Waals surface area (Å²) in [6.07, 6.45) is 21.5. The number of nitrogens with one attached hydrogen (secondary N) is 2. The molecule has 8 heterocycles. The lowest BCUT2D eigenvalue weighted by Gasteiger charge is -2.07. The van der Waals surface area contributed by atoms with Crippen molar-refractivity contribution in [2.24, 2.45) is 0 Å². The van der Waals surface area contributed by atoms with Crippen LogP contribution in [0.5, 0.6) is 0 Å². The average molecular weight is 992 g/mol. The first-order valence-corrected chi connectivity index (χ1v) is 26.0. The van der Waals surface area contributed by atoms with Crippen LogP contribution in [0.4, 0.5) is 0 Å². The number of nitrogens with zero attached hydrogens (tertiary/aromatic N) is 12. The van der Waals surface area contributed by atoms with Gasteiger partial charge in [-0.25, -0.2) is 15.0 Å². The summed E-state index contributed by atoms with van der Waals surface area (Å²) in [5, 5.41) is 15.5. The molecule has 2 N–H and O–H groups in total. The zero-order valence-electron chi connectivity index (χ0n) is 49.2. The minimum Gasteiger partial charge on any atom is -0.352 e. The van der Waals surface area contributed by atoms with Gasteiger partial charge in [-0.05, 0) is 186 Å². The fraction of sp³-hybridized carbons (Fsp3) is 0.552. The van der Waals surface area contributed by atoms with Crippen molar-refractivity contribution in [1.29, 1.82) is 0 Å². The Bertz CT molecular complexity index is 2310. The Kier molecular flexibility index (Phi) is 29.0. The van der Waals surface area contributed by atoms with Gasteiger partial charge < -0.3 is 23.3 Å². The normalized spacial score (nSPS) is 10.7. The molecule has 0 aromatic carbocycles. The van der Waals surface area contributed by atoms with Crippen molar-refractivity contribution in [3.8, 4) is 0 Å². The first-order valence-electron chi connectivity index (χ1n) is 26.0. The minimum atomic E-state index is 0.474. The zero-order chi connectivity index (χ0) is 54.8. The maximum Gasteiger partial charge on any atom is 0.108 e.